The van der Waals surface area contributed by atoms with E-state index in [1.807, 2.05) is 26.1 Å². The SMILES string of the molecule is Cc1cc(C(=N)N)cc(N(C)CCC(C)C)n1. The molecule has 3 N–H and O–H groups in total. The maximum absolute atomic E-state index is 7.47. The van der Waals surface area contributed by atoms with Gasteiger partial charge in [0.1, 0.15) is 11.7 Å². The smallest absolute Gasteiger partial charge is 0.129 e. The number of rotatable bonds is 5. The first-order valence-electron chi connectivity index (χ1n) is 5.94. The lowest BCUT2D eigenvalue weighted by Crippen LogP contribution is -2.22. The maximum atomic E-state index is 7.47. The highest BCUT2D eigenvalue weighted by Crippen LogP contribution is 2.14. The summed E-state index contributed by atoms with van der Waals surface area (Å²) >= 11 is 0. The largest absolute Gasteiger partial charge is 0.384 e. The van der Waals surface area contributed by atoms with E-state index in [1.165, 1.54) is 0 Å². The highest BCUT2D eigenvalue weighted by molar-refractivity contribution is 5.95. The normalized spacial score (nSPS) is 10.6. The number of nitrogens with two attached hydrogens (primary N) is 1. The second-order valence-electron chi connectivity index (χ2n) is 4.87. The van der Waals surface area contributed by atoms with Crippen molar-refractivity contribution < 1.29 is 0 Å². The Kier molecular flexibility index (Phi) is 4.49. The zero-order valence-electron chi connectivity index (χ0n) is 11.1. The average molecular weight is 234 g/mol. The Labute approximate surface area is 103 Å². The van der Waals surface area contributed by atoms with E-state index in [-0.39, 0.29) is 5.84 Å². The van der Waals surface area contributed by atoms with E-state index in [0.717, 1.165) is 30.0 Å². The summed E-state index contributed by atoms with van der Waals surface area (Å²) in [6.45, 7) is 7.30. The quantitative estimate of drug-likeness (QED) is 0.606. The lowest BCUT2D eigenvalue weighted by atomic mass is 10.1. The molecule has 0 bridgehead atoms. The van der Waals surface area contributed by atoms with Crippen molar-refractivity contribution in [1.29, 1.82) is 5.41 Å². The van der Waals surface area contributed by atoms with E-state index >= 15 is 0 Å². The van der Waals surface area contributed by atoms with Gasteiger partial charge in [0.15, 0.2) is 0 Å². The molecule has 1 heterocycles. The van der Waals surface area contributed by atoms with Gasteiger partial charge in [-0.2, -0.15) is 0 Å². The molecule has 0 spiro atoms. The summed E-state index contributed by atoms with van der Waals surface area (Å²) < 4.78 is 0. The van der Waals surface area contributed by atoms with Crippen LogP contribution in [-0.2, 0) is 0 Å². The van der Waals surface area contributed by atoms with Crippen molar-refractivity contribution in [3.8, 4) is 0 Å². The lowest BCUT2D eigenvalue weighted by molar-refractivity contribution is 0.583. The Morgan fingerprint density at radius 2 is 2.12 bits per heavy atom. The van der Waals surface area contributed by atoms with Crippen LogP contribution in [0.5, 0.6) is 0 Å². The van der Waals surface area contributed by atoms with Crippen LogP contribution in [0.1, 0.15) is 31.5 Å². The molecule has 0 aliphatic rings. The molecule has 1 rings (SSSR count). The number of aromatic nitrogens is 1. The molecular formula is C13H22N4. The molecule has 4 heteroatoms. The summed E-state index contributed by atoms with van der Waals surface area (Å²) in [5.74, 6) is 1.65. The van der Waals surface area contributed by atoms with Crippen molar-refractivity contribution in [2.24, 2.45) is 11.7 Å². The van der Waals surface area contributed by atoms with E-state index < -0.39 is 0 Å². The minimum atomic E-state index is 0.0917. The molecule has 0 atom stereocenters. The number of anilines is 1. The number of aryl methyl sites for hydroxylation is 1. The third-order valence-electron chi connectivity index (χ3n) is 2.68. The summed E-state index contributed by atoms with van der Waals surface area (Å²) in [7, 11) is 2.02. The van der Waals surface area contributed by atoms with Crippen molar-refractivity contribution >= 4 is 11.7 Å². The third-order valence-corrected chi connectivity index (χ3v) is 2.68. The number of nitrogens with one attached hydrogen (secondary N) is 1. The van der Waals surface area contributed by atoms with Gasteiger partial charge in [-0.25, -0.2) is 4.98 Å². The molecule has 94 valence electrons. The summed E-state index contributed by atoms with van der Waals surface area (Å²) in [6.07, 6.45) is 1.13. The molecule has 0 aliphatic heterocycles. The van der Waals surface area contributed by atoms with Gasteiger partial charge in [0.2, 0.25) is 0 Å². The number of pyridine rings is 1. The molecule has 17 heavy (non-hydrogen) atoms. The molecule has 0 amide bonds. The molecule has 0 radical (unpaired) electrons. The van der Waals surface area contributed by atoms with Gasteiger partial charge in [-0.3, -0.25) is 5.41 Å². The standard InChI is InChI=1S/C13H22N4/c1-9(2)5-6-17(4)12-8-11(13(14)15)7-10(3)16-12/h7-9H,5-6H2,1-4H3,(H3,14,15). The first kappa shape index (κ1) is 13.5. The van der Waals surface area contributed by atoms with Crippen LogP contribution in [0.15, 0.2) is 12.1 Å². The van der Waals surface area contributed by atoms with Gasteiger partial charge in [0, 0.05) is 24.8 Å². The summed E-state index contributed by atoms with van der Waals surface area (Å²) in [5.41, 5.74) is 7.14. The number of nitrogens with zero attached hydrogens (tertiary/aromatic N) is 2. The predicted octanol–water partition coefficient (Wildman–Crippen LogP) is 2.16. The van der Waals surface area contributed by atoms with Crippen LogP contribution in [0.4, 0.5) is 5.82 Å². The third kappa shape index (κ3) is 4.06. The van der Waals surface area contributed by atoms with Crippen LogP contribution in [0.25, 0.3) is 0 Å². The van der Waals surface area contributed by atoms with Crippen LogP contribution in [-0.4, -0.2) is 24.4 Å². The van der Waals surface area contributed by atoms with E-state index in [0.29, 0.717) is 5.92 Å². The second-order valence-corrected chi connectivity index (χ2v) is 4.87. The Morgan fingerprint density at radius 1 is 1.47 bits per heavy atom. The van der Waals surface area contributed by atoms with Crippen LogP contribution in [0, 0.1) is 18.3 Å². The molecule has 0 saturated heterocycles. The van der Waals surface area contributed by atoms with Gasteiger partial charge in [0.05, 0.1) is 0 Å². The van der Waals surface area contributed by atoms with Crippen molar-refractivity contribution in [2.45, 2.75) is 27.2 Å². The van der Waals surface area contributed by atoms with Gasteiger partial charge in [-0.1, -0.05) is 13.8 Å². The van der Waals surface area contributed by atoms with Crippen LogP contribution in [0.3, 0.4) is 0 Å². The number of nitrogen functional groups attached to an aromatic ring is 1. The number of hydrogen-bond acceptors (Lipinski definition) is 3. The van der Waals surface area contributed by atoms with Gasteiger partial charge in [-0.15, -0.1) is 0 Å². The fourth-order valence-corrected chi connectivity index (χ4v) is 1.57. The van der Waals surface area contributed by atoms with E-state index in [4.69, 9.17) is 11.1 Å². The molecular weight excluding hydrogens is 212 g/mol. The van der Waals surface area contributed by atoms with Crippen LogP contribution < -0.4 is 10.6 Å². The second kappa shape index (κ2) is 5.66. The highest BCUT2D eigenvalue weighted by Gasteiger charge is 2.07. The van der Waals surface area contributed by atoms with Crippen molar-refractivity contribution in [1.82, 2.24) is 4.98 Å². The molecule has 0 unspecified atom stereocenters. The van der Waals surface area contributed by atoms with Crippen LogP contribution >= 0.6 is 0 Å². The molecule has 0 aliphatic carbocycles. The van der Waals surface area contributed by atoms with E-state index in [2.05, 4.69) is 23.7 Å². The molecule has 1 aromatic heterocycles. The molecule has 0 fully saturated rings. The van der Waals surface area contributed by atoms with Crippen molar-refractivity contribution in [2.75, 3.05) is 18.5 Å². The summed E-state index contributed by atoms with van der Waals surface area (Å²) in [6, 6.07) is 3.71. The number of amidine groups is 1. The molecule has 0 aromatic carbocycles. The van der Waals surface area contributed by atoms with Gasteiger partial charge >= 0.3 is 0 Å². The molecule has 4 nitrogen and oxygen atoms in total. The summed E-state index contributed by atoms with van der Waals surface area (Å²) in [4.78, 5) is 6.58. The average Bonchev–Trinajstić information content (AvgIpc) is 2.24. The lowest BCUT2D eigenvalue weighted by Gasteiger charge is -2.20. The Morgan fingerprint density at radius 3 is 2.65 bits per heavy atom. The minimum Gasteiger partial charge on any atom is -0.384 e. The van der Waals surface area contributed by atoms with Crippen LogP contribution in [0.2, 0.25) is 0 Å². The van der Waals surface area contributed by atoms with E-state index in [1.54, 1.807) is 0 Å². The zero-order chi connectivity index (χ0) is 13.0. The van der Waals surface area contributed by atoms with Gasteiger partial charge < -0.3 is 10.6 Å². The highest BCUT2D eigenvalue weighted by atomic mass is 15.2. The number of hydrogen-bond donors (Lipinski definition) is 2. The van der Waals surface area contributed by atoms with Gasteiger partial charge in [-0.05, 0) is 31.4 Å². The Bertz CT molecular complexity index is 398. The van der Waals surface area contributed by atoms with E-state index in [9.17, 15) is 0 Å². The first-order chi connectivity index (χ1) is 7.90. The Hall–Kier alpha value is -1.58. The molecule has 0 saturated carbocycles. The molecule has 1 aromatic rings. The fourth-order valence-electron chi connectivity index (χ4n) is 1.57. The predicted molar refractivity (Wildman–Crippen MR) is 72.7 cm³/mol. The fraction of sp³-hybridized carbons (Fsp3) is 0.538. The minimum absolute atomic E-state index is 0.0917. The zero-order valence-corrected chi connectivity index (χ0v) is 11.1. The van der Waals surface area contributed by atoms with Crippen molar-refractivity contribution in [3.63, 3.8) is 0 Å². The summed E-state index contributed by atoms with van der Waals surface area (Å²) in [5, 5.41) is 7.47. The Balaban J connectivity index is 2.86. The first-order valence-corrected chi connectivity index (χ1v) is 5.94. The topological polar surface area (TPSA) is 66.0 Å². The van der Waals surface area contributed by atoms with Crippen molar-refractivity contribution in [3.05, 3.63) is 23.4 Å². The van der Waals surface area contributed by atoms with Gasteiger partial charge in [0.25, 0.3) is 0 Å². The maximum Gasteiger partial charge on any atom is 0.129 e. The monoisotopic (exact) mass is 234 g/mol.